The van der Waals surface area contributed by atoms with Crippen LogP contribution in [-0.2, 0) is 6.61 Å². The van der Waals surface area contributed by atoms with Crippen molar-refractivity contribution in [2.45, 2.75) is 13.5 Å². The Morgan fingerprint density at radius 3 is 2.58 bits per heavy atom. The number of primary amides is 1. The highest BCUT2D eigenvalue weighted by molar-refractivity contribution is 5.68. The van der Waals surface area contributed by atoms with Gasteiger partial charge in [-0.05, 0) is 30.2 Å². The Balaban J connectivity index is 2.03. The molecule has 0 spiro atoms. The molecular weight excluding hydrogens is 242 g/mol. The van der Waals surface area contributed by atoms with E-state index >= 15 is 0 Å². The molecule has 19 heavy (non-hydrogen) atoms. The van der Waals surface area contributed by atoms with E-state index in [1.54, 1.807) is 24.3 Å². The van der Waals surface area contributed by atoms with E-state index in [2.05, 4.69) is 0 Å². The first-order valence-corrected chi connectivity index (χ1v) is 5.90. The Bertz CT molecular complexity index is 581. The van der Waals surface area contributed by atoms with Gasteiger partial charge in [0, 0.05) is 6.07 Å². The molecule has 2 aromatic carbocycles. The van der Waals surface area contributed by atoms with Gasteiger partial charge in [0.1, 0.15) is 18.1 Å². The van der Waals surface area contributed by atoms with Gasteiger partial charge >= 0.3 is 6.09 Å². The van der Waals surface area contributed by atoms with Crippen molar-refractivity contribution < 1.29 is 14.3 Å². The molecule has 0 aliphatic heterocycles. The van der Waals surface area contributed by atoms with Gasteiger partial charge in [0.05, 0.1) is 0 Å². The van der Waals surface area contributed by atoms with Gasteiger partial charge in [0.2, 0.25) is 0 Å². The summed E-state index contributed by atoms with van der Waals surface area (Å²) in [5.41, 5.74) is 7.25. The van der Waals surface area contributed by atoms with Crippen molar-refractivity contribution in [1.82, 2.24) is 0 Å². The molecule has 0 saturated heterocycles. The fourth-order valence-electron chi connectivity index (χ4n) is 1.68. The molecule has 2 aromatic rings. The van der Waals surface area contributed by atoms with E-state index in [-0.39, 0.29) is 0 Å². The largest absolute Gasteiger partial charge is 0.489 e. The fourth-order valence-corrected chi connectivity index (χ4v) is 1.68. The van der Waals surface area contributed by atoms with Gasteiger partial charge in [-0.15, -0.1) is 0 Å². The Labute approximate surface area is 111 Å². The predicted octanol–water partition coefficient (Wildman–Crippen LogP) is 3.03. The van der Waals surface area contributed by atoms with Crippen LogP contribution in [0.1, 0.15) is 11.1 Å². The van der Waals surface area contributed by atoms with Crippen molar-refractivity contribution in [3.05, 3.63) is 59.7 Å². The van der Waals surface area contributed by atoms with Crippen LogP contribution in [0.3, 0.4) is 0 Å². The average molecular weight is 257 g/mol. The van der Waals surface area contributed by atoms with E-state index in [9.17, 15) is 4.79 Å². The minimum atomic E-state index is -0.837. The molecule has 0 saturated carbocycles. The molecule has 4 heteroatoms. The molecule has 0 heterocycles. The molecule has 0 radical (unpaired) electrons. The van der Waals surface area contributed by atoms with Gasteiger partial charge < -0.3 is 15.2 Å². The van der Waals surface area contributed by atoms with Crippen LogP contribution in [0.4, 0.5) is 4.79 Å². The maximum Gasteiger partial charge on any atom is 0.409 e. The molecule has 1 amide bonds. The van der Waals surface area contributed by atoms with Crippen LogP contribution in [0.25, 0.3) is 0 Å². The summed E-state index contributed by atoms with van der Waals surface area (Å²) < 4.78 is 10.5. The number of aryl methyl sites for hydroxylation is 1. The quantitative estimate of drug-likeness (QED) is 0.915. The van der Waals surface area contributed by atoms with Crippen molar-refractivity contribution in [2.75, 3.05) is 0 Å². The van der Waals surface area contributed by atoms with E-state index in [1.165, 1.54) is 5.56 Å². The molecule has 0 aliphatic carbocycles. The highest BCUT2D eigenvalue weighted by Crippen LogP contribution is 2.21. The Hall–Kier alpha value is -2.49. The van der Waals surface area contributed by atoms with Crippen molar-refractivity contribution in [2.24, 2.45) is 5.73 Å². The number of nitrogens with two attached hydrogens (primary N) is 1. The molecule has 0 unspecified atom stereocenters. The third-order valence-corrected chi connectivity index (χ3v) is 2.68. The van der Waals surface area contributed by atoms with Crippen LogP contribution in [0.2, 0.25) is 0 Å². The number of hydrogen-bond acceptors (Lipinski definition) is 3. The SMILES string of the molecule is Cc1ccccc1COc1cccc(OC(N)=O)c1. The van der Waals surface area contributed by atoms with Crippen LogP contribution in [0, 0.1) is 6.92 Å². The maximum absolute atomic E-state index is 10.7. The number of carbonyl (C=O) groups is 1. The summed E-state index contributed by atoms with van der Waals surface area (Å²) in [6.45, 7) is 2.50. The molecule has 2 N–H and O–H groups in total. The summed E-state index contributed by atoms with van der Waals surface area (Å²) in [7, 11) is 0. The first kappa shape index (κ1) is 13.0. The Morgan fingerprint density at radius 1 is 1.11 bits per heavy atom. The van der Waals surface area contributed by atoms with Crippen molar-refractivity contribution >= 4 is 6.09 Å². The predicted molar refractivity (Wildman–Crippen MR) is 72.2 cm³/mol. The van der Waals surface area contributed by atoms with E-state index in [4.69, 9.17) is 15.2 Å². The topological polar surface area (TPSA) is 61.6 Å². The molecule has 0 fully saturated rings. The van der Waals surface area contributed by atoms with Crippen LogP contribution in [-0.4, -0.2) is 6.09 Å². The average Bonchev–Trinajstić information content (AvgIpc) is 2.37. The second-order valence-corrected chi connectivity index (χ2v) is 4.11. The lowest BCUT2D eigenvalue weighted by molar-refractivity contribution is 0.210. The monoisotopic (exact) mass is 257 g/mol. The van der Waals surface area contributed by atoms with Gasteiger partial charge in [-0.1, -0.05) is 30.3 Å². The molecule has 0 aliphatic rings. The smallest absolute Gasteiger partial charge is 0.409 e. The van der Waals surface area contributed by atoms with E-state index < -0.39 is 6.09 Å². The van der Waals surface area contributed by atoms with Crippen molar-refractivity contribution in [1.29, 1.82) is 0 Å². The zero-order chi connectivity index (χ0) is 13.7. The summed E-state index contributed by atoms with van der Waals surface area (Å²) in [5.74, 6) is 0.997. The number of rotatable bonds is 4. The maximum atomic E-state index is 10.7. The summed E-state index contributed by atoms with van der Waals surface area (Å²) >= 11 is 0. The van der Waals surface area contributed by atoms with E-state index in [0.29, 0.717) is 18.1 Å². The first-order chi connectivity index (χ1) is 9.15. The van der Waals surface area contributed by atoms with Crippen LogP contribution >= 0.6 is 0 Å². The van der Waals surface area contributed by atoms with E-state index in [0.717, 1.165) is 5.56 Å². The third kappa shape index (κ3) is 3.74. The third-order valence-electron chi connectivity index (χ3n) is 2.68. The minimum absolute atomic E-state index is 0.370. The number of carbonyl (C=O) groups excluding carboxylic acids is 1. The second kappa shape index (κ2) is 5.91. The van der Waals surface area contributed by atoms with Gasteiger partial charge in [-0.3, -0.25) is 0 Å². The lowest BCUT2D eigenvalue weighted by Crippen LogP contribution is -2.16. The van der Waals surface area contributed by atoms with Gasteiger partial charge in [-0.2, -0.15) is 0 Å². The summed E-state index contributed by atoms with van der Waals surface area (Å²) in [6, 6.07) is 14.8. The zero-order valence-corrected chi connectivity index (χ0v) is 10.6. The van der Waals surface area contributed by atoms with Gasteiger partial charge in [0.25, 0.3) is 0 Å². The standard InChI is InChI=1S/C15H15NO3/c1-11-5-2-3-6-12(11)10-18-13-7-4-8-14(9-13)19-15(16)17/h2-9H,10H2,1H3,(H2,16,17). The normalized spacial score (nSPS) is 9.95. The van der Waals surface area contributed by atoms with Gasteiger partial charge in [-0.25, -0.2) is 4.79 Å². The molecular formula is C15H15NO3. The molecule has 0 aromatic heterocycles. The Kier molecular flexibility index (Phi) is 4.03. The van der Waals surface area contributed by atoms with Crippen molar-refractivity contribution in [3.63, 3.8) is 0 Å². The number of hydrogen-bond donors (Lipinski definition) is 1. The second-order valence-electron chi connectivity index (χ2n) is 4.11. The summed E-state index contributed by atoms with van der Waals surface area (Å²) in [4.78, 5) is 10.7. The van der Waals surface area contributed by atoms with E-state index in [1.807, 2.05) is 31.2 Å². The number of ether oxygens (including phenoxy) is 2. The van der Waals surface area contributed by atoms with Crippen LogP contribution in [0.15, 0.2) is 48.5 Å². The Morgan fingerprint density at radius 2 is 1.84 bits per heavy atom. The number of benzene rings is 2. The first-order valence-electron chi connectivity index (χ1n) is 5.90. The highest BCUT2D eigenvalue weighted by Gasteiger charge is 2.02. The fraction of sp³-hybridized carbons (Fsp3) is 0.133. The zero-order valence-electron chi connectivity index (χ0n) is 10.6. The number of amides is 1. The highest BCUT2D eigenvalue weighted by atomic mass is 16.5. The van der Waals surface area contributed by atoms with Gasteiger partial charge in [0.15, 0.2) is 0 Å². The van der Waals surface area contributed by atoms with Crippen LogP contribution < -0.4 is 15.2 Å². The lowest BCUT2D eigenvalue weighted by atomic mass is 10.1. The molecule has 4 nitrogen and oxygen atoms in total. The molecule has 0 atom stereocenters. The van der Waals surface area contributed by atoms with Crippen LogP contribution in [0.5, 0.6) is 11.5 Å². The summed E-state index contributed by atoms with van der Waals surface area (Å²) in [6.07, 6.45) is -0.837. The molecule has 2 rings (SSSR count). The molecule has 98 valence electrons. The van der Waals surface area contributed by atoms with Crippen molar-refractivity contribution in [3.8, 4) is 11.5 Å². The molecule has 0 bridgehead atoms. The lowest BCUT2D eigenvalue weighted by Gasteiger charge is -2.09. The minimum Gasteiger partial charge on any atom is -0.489 e. The summed E-state index contributed by atoms with van der Waals surface area (Å²) in [5, 5.41) is 0.